The first-order chi connectivity index (χ1) is 9.01. The van der Waals surface area contributed by atoms with Crippen LogP contribution < -0.4 is 5.32 Å². The van der Waals surface area contributed by atoms with E-state index in [0.717, 1.165) is 10.8 Å². The van der Waals surface area contributed by atoms with Crippen molar-refractivity contribution in [2.45, 2.75) is 12.2 Å². The lowest BCUT2D eigenvalue weighted by molar-refractivity contribution is -0.125. The fourth-order valence-electron chi connectivity index (χ4n) is 1.81. The van der Waals surface area contributed by atoms with Gasteiger partial charge in [-0.25, -0.2) is 0 Å². The molecule has 0 fully saturated rings. The van der Waals surface area contributed by atoms with E-state index >= 15 is 0 Å². The molecule has 19 heavy (non-hydrogen) atoms. The standard InChI is InChI=1S/C13H10F3N3/c14-13(15,16)8-19-12(5-17)11-7-18-6-9-3-1-2-4-10(9)11/h1-4,6-7,12,19H,8H2. The fraction of sp³-hybridized carbons (Fsp3) is 0.231. The van der Waals surface area contributed by atoms with Crippen LogP contribution in [0, 0.1) is 11.3 Å². The molecule has 1 heterocycles. The van der Waals surface area contributed by atoms with Crippen molar-refractivity contribution in [3.63, 3.8) is 0 Å². The zero-order valence-corrected chi connectivity index (χ0v) is 9.78. The highest BCUT2D eigenvalue weighted by atomic mass is 19.4. The van der Waals surface area contributed by atoms with Crippen LogP contribution in [0.15, 0.2) is 36.7 Å². The monoisotopic (exact) mass is 265 g/mol. The molecule has 0 amide bonds. The third-order valence-electron chi connectivity index (χ3n) is 2.65. The van der Waals surface area contributed by atoms with E-state index in [2.05, 4.69) is 10.3 Å². The van der Waals surface area contributed by atoms with Crippen LogP contribution in [0.3, 0.4) is 0 Å². The number of rotatable bonds is 3. The maximum atomic E-state index is 12.2. The van der Waals surface area contributed by atoms with Gasteiger partial charge < -0.3 is 0 Å². The summed E-state index contributed by atoms with van der Waals surface area (Å²) in [6.07, 6.45) is -1.33. The summed E-state index contributed by atoms with van der Waals surface area (Å²) in [5.41, 5.74) is 0.449. The van der Waals surface area contributed by atoms with Crippen molar-refractivity contribution >= 4 is 10.8 Å². The van der Waals surface area contributed by atoms with Gasteiger partial charge in [0.15, 0.2) is 0 Å². The lowest BCUT2D eigenvalue weighted by atomic mass is 10.0. The summed E-state index contributed by atoms with van der Waals surface area (Å²) in [7, 11) is 0. The third-order valence-corrected chi connectivity index (χ3v) is 2.65. The predicted molar refractivity (Wildman–Crippen MR) is 64.2 cm³/mol. The summed E-state index contributed by atoms with van der Waals surface area (Å²) in [4.78, 5) is 3.95. The molecule has 6 heteroatoms. The second-order valence-corrected chi connectivity index (χ2v) is 4.01. The Hall–Kier alpha value is -2.13. The van der Waals surface area contributed by atoms with Gasteiger partial charge in [-0.05, 0) is 5.39 Å². The Morgan fingerprint density at radius 2 is 2.00 bits per heavy atom. The van der Waals surface area contributed by atoms with Gasteiger partial charge in [0.1, 0.15) is 6.04 Å². The SMILES string of the molecule is N#CC(NCC(F)(F)F)c1cncc2ccccc12. The van der Waals surface area contributed by atoms with Crippen LogP contribution in [-0.2, 0) is 0 Å². The zero-order valence-electron chi connectivity index (χ0n) is 9.78. The van der Waals surface area contributed by atoms with Gasteiger partial charge in [0, 0.05) is 23.3 Å². The minimum absolute atomic E-state index is 0.449. The van der Waals surface area contributed by atoms with Crippen LogP contribution in [-0.4, -0.2) is 17.7 Å². The molecule has 3 nitrogen and oxygen atoms in total. The third kappa shape index (κ3) is 3.20. The van der Waals surface area contributed by atoms with Gasteiger partial charge in [0.05, 0.1) is 12.6 Å². The maximum Gasteiger partial charge on any atom is 0.401 e. The normalized spacial score (nSPS) is 13.2. The molecule has 1 aromatic carbocycles. The number of pyridine rings is 1. The first kappa shape index (κ1) is 13.3. The molecule has 2 rings (SSSR count). The molecule has 0 spiro atoms. The van der Waals surface area contributed by atoms with Crippen LogP contribution >= 0.6 is 0 Å². The number of nitriles is 1. The number of benzene rings is 1. The number of halogens is 3. The van der Waals surface area contributed by atoms with Crippen molar-refractivity contribution in [1.82, 2.24) is 10.3 Å². The maximum absolute atomic E-state index is 12.2. The first-order valence-electron chi connectivity index (χ1n) is 5.53. The van der Waals surface area contributed by atoms with Crippen molar-refractivity contribution < 1.29 is 13.2 Å². The minimum atomic E-state index is -4.35. The molecule has 0 saturated carbocycles. The molecule has 98 valence electrons. The molecule has 0 saturated heterocycles. The molecule has 1 aromatic heterocycles. The summed E-state index contributed by atoms with van der Waals surface area (Å²) in [6, 6.07) is 7.91. The molecule has 1 unspecified atom stereocenters. The van der Waals surface area contributed by atoms with Crippen LogP contribution in [0.1, 0.15) is 11.6 Å². The average Bonchev–Trinajstić information content (AvgIpc) is 2.38. The number of hydrogen-bond donors (Lipinski definition) is 1. The van der Waals surface area contributed by atoms with E-state index in [9.17, 15) is 13.2 Å². The number of fused-ring (bicyclic) bond motifs is 1. The van der Waals surface area contributed by atoms with E-state index in [1.165, 1.54) is 6.20 Å². The van der Waals surface area contributed by atoms with Crippen molar-refractivity contribution in [1.29, 1.82) is 5.26 Å². The molecule has 2 aromatic rings. The second kappa shape index (κ2) is 5.24. The first-order valence-corrected chi connectivity index (χ1v) is 5.53. The number of nitrogens with one attached hydrogen (secondary N) is 1. The highest BCUT2D eigenvalue weighted by Gasteiger charge is 2.28. The van der Waals surface area contributed by atoms with Gasteiger partial charge in [0.25, 0.3) is 0 Å². The van der Waals surface area contributed by atoms with Gasteiger partial charge in [-0.15, -0.1) is 0 Å². The molecule has 1 atom stereocenters. The van der Waals surface area contributed by atoms with E-state index in [1.807, 2.05) is 6.07 Å². The molecular formula is C13H10F3N3. The quantitative estimate of drug-likeness (QED) is 0.928. The predicted octanol–water partition coefficient (Wildman–Crippen LogP) is 2.95. The number of nitrogens with zero attached hydrogens (tertiary/aromatic N) is 2. The van der Waals surface area contributed by atoms with Crippen LogP contribution in [0.25, 0.3) is 10.8 Å². The highest BCUT2D eigenvalue weighted by molar-refractivity contribution is 5.85. The summed E-state index contributed by atoms with van der Waals surface area (Å²) in [6.45, 7) is -1.21. The smallest absolute Gasteiger partial charge is 0.290 e. The Labute approximate surface area is 107 Å². The Kier molecular flexibility index (Phi) is 3.67. The van der Waals surface area contributed by atoms with Crippen molar-refractivity contribution in [3.8, 4) is 6.07 Å². The zero-order chi connectivity index (χ0) is 13.9. The second-order valence-electron chi connectivity index (χ2n) is 4.01. The van der Waals surface area contributed by atoms with Gasteiger partial charge in [0.2, 0.25) is 0 Å². The minimum Gasteiger partial charge on any atom is -0.290 e. The lowest BCUT2D eigenvalue weighted by Crippen LogP contribution is -2.31. The summed E-state index contributed by atoms with van der Waals surface area (Å²) < 4.78 is 36.6. The van der Waals surface area contributed by atoms with E-state index in [-0.39, 0.29) is 0 Å². The van der Waals surface area contributed by atoms with Gasteiger partial charge in [-0.1, -0.05) is 24.3 Å². The molecule has 0 radical (unpaired) electrons. The lowest BCUT2D eigenvalue weighted by Gasteiger charge is -2.15. The van der Waals surface area contributed by atoms with Crippen LogP contribution in [0.5, 0.6) is 0 Å². The fourth-order valence-corrected chi connectivity index (χ4v) is 1.81. The van der Waals surface area contributed by atoms with Gasteiger partial charge in [-0.2, -0.15) is 18.4 Å². The van der Waals surface area contributed by atoms with Crippen molar-refractivity contribution in [2.24, 2.45) is 0 Å². The number of aromatic nitrogens is 1. The summed E-state index contributed by atoms with van der Waals surface area (Å²) >= 11 is 0. The Morgan fingerprint density at radius 3 is 2.68 bits per heavy atom. The van der Waals surface area contributed by atoms with Crippen molar-refractivity contribution in [3.05, 3.63) is 42.2 Å². The van der Waals surface area contributed by atoms with E-state index in [0.29, 0.717) is 5.56 Å². The Bertz CT molecular complexity index is 611. The van der Waals surface area contributed by atoms with E-state index in [1.54, 1.807) is 30.5 Å². The molecule has 0 aliphatic carbocycles. The van der Waals surface area contributed by atoms with Crippen LogP contribution in [0.4, 0.5) is 13.2 Å². The van der Waals surface area contributed by atoms with Gasteiger partial charge in [-0.3, -0.25) is 10.3 Å². The van der Waals surface area contributed by atoms with Gasteiger partial charge >= 0.3 is 6.18 Å². The Balaban J connectivity index is 2.34. The molecule has 1 N–H and O–H groups in total. The molecular weight excluding hydrogens is 255 g/mol. The molecule has 0 aliphatic heterocycles. The van der Waals surface area contributed by atoms with Crippen LogP contribution in [0.2, 0.25) is 0 Å². The van der Waals surface area contributed by atoms with Crippen molar-refractivity contribution in [2.75, 3.05) is 6.54 Å². The summed E-state index contributed by atoms with van der Waals surface area (Å²) in [5, 5.41) is 12.7. The number of hydrogen-bond acceptors (Lipinski definition) is 3. The highest BCUT2D eigenvalue weighted by Crippen LogP contribution is 2.23. The van der Waals surface area contributed by atoms with E-state index in [4.69, 9.17) is 5.26 Å². The number of alkyl halides is 3. The summed E-state index contributed by atoms with van der Waals surface area (Å²) in [5.74, 6) is 0. The molecule has 0 aliphatic rings. The largest absolute Gasteiger partial charge is 0.401 e. The molecule has 0 bridgehead atoms. The van der Waals surface area contributed by atoms with E-state index < -0.39 is 18.8 Å². The topological polar surface area (TPSA) is 48.7 Å². The average molecular weight is 265 g/mol. The Morgan fingerprint density at radius 1 is 1.26 bits per heavy atom.